The number of benzene rings is 3. The highest BCUT2D eigenvalue weighted by Crippen LogP contribution is 2.42. The Balaban J connectivity index is 1.51. The summed E-state index contributed by atoms with van der Waals surface area (Å²) in [6, 6.07) is 26.2. The van der Waals surface area contributed by atoms with Crippen LogP contribution < -0.4 is 10.2 Å². The summed E-state index contributed by atoms with van der Waals surface area (Å²) in [6.45, 7) is 2.47. The third kappa shape index (κ3) is 5.22. The van der Waals surface area contributed by atoms with E-state index >= 15 is 0 Å². The van der Waals surface area contributed by atoms with Gasteiger partial charge in [-0.15, -0.1) is 0 Å². The van der Waals surface area contributed by atoms with Crippen LogP contribution in [0.5, 0.6) is 0 Å². The molecule has 38 heavy (non-hydrogen) atoms. The van der Waals surface area contributed by atoms with Crippen LogP contribution >= 0.6 is 27.5 Å². The monoisotopic (exact) mass is 590 g/mol. The van der Waals surface area contributed by atoms with Gasteiger partial charge in [0.05, 0.1) is 22.8 Å². The lowest BCUT2D eigenvalue weighted by molar-refractivity contribution is -0.119. The second-order valence-corrected chi connectivity index (χ2v) is 10.5. The van der Waals surface area contributed by atoms with Crippen LogP contribution in [0.4, 0.5) is 16.2 Å². The molecule has 3 aromatic carbocycles. The molecule has 2 heterocycles. The first-order valence-corrected chi connectivity index (χ1v) is 13.8. The molecule has 8 heteroatoms. The number of anilines is 2. The number of amides is 3. The number of unbranched alkanes of at least 4 members (excludes halogenated alkanes) is 1. The molecule has 4 aromatic rings. The van der Waals surface area contributed by atoms with Crippen LogP contribution in [0, 0.1) is 0 Å². The standard InChI is InChI=1S/C30H28BrClN4O2/c1-2-3-18-34(30(38)33-24-10-5-4-9-23(24)31)20-28(37)36-26-12-7-6-11-25(26)35-19-8-13-27(35)29(36)21-14-16-22(32)17-15-21/h4-17,19,29H,2-3,18,20H2,1H3,(H,33,38). The number of para-hydroxylation sites is 3. The molecule has 0 saturated heterocycles. The quantitative estimate of drug-likeness (QED) is 0.240. The van der Waals surface area contributed by atoms with Gasteiger partial charge in [-0.1, -0.05) is 61.3 Å². The molecule has 5 rings (SSSR count). The SMILES string of the molecule is CCCCN(CC(=O)N1c2ccccc2-n2cccc2C1c1ccc(Cl)cc1)C(=O)Nc1ccccc1Br. The largest absolute Gasteiger partial charge is 0.322 e. The molecule has 1 atom stereocenters. The summed E-state index contributed by atoms with van der Waals surface area (Å²) in [5.41, 5.74) is 4.28. The van der Waals surface area contributed by atoms with E-state index in [9.17, 15) is 9.59 Å². The number of nitrogens with zero attached hydrogens (tertiary/aromatic N) is 3. The minimum atomic E-state index is -0.371. The Morgan fingerprint density at radius 3 is 2.39 bits per heavy atom. The van der Waals surface area contributed by atoms with Gasteiger partial charge in [0.25, 0.3) is 0 Å². The van der Waals surface area contributed by atoms with Crippen LogP contribution in [0.25, 0.3) is 5.69 Å². The first-order chi connectivity index (χ1) is 18.5. The molecule has 3 amide bonds. The fourth-order valence-electron chi connectivity index (χ4n) is 4.82. The van der Waals surface area contributed by atoms with E-state index < -0.39 is 0 Å². The van der Waals surface area contributed by atoms with Crippen molar-refractivity contribution in [3.05, 3.63) is 112 Å². The topological polar surface area (TPSA) is 57.6 Å². The third-order valence-electron chi connectivity index (χ3n) is 6.68. The van der Waals surface area contributed by atoms with Gasteiger partial charge in [0.15, 0.2) is 0 Å². The lowest BCUT2D eigenvalue weighted by Gasteiger charge is -2.39. The van der Waals surface area contributed by atoms with E-state index in [1.807, 2.05) is 96.0 Å². The fourth-order valence-corrected chi connectivity index (χ4v) is 5.33. The Morgan fingerprint density at radius 1 is 0.947 bits per heavy atom. The van der Waals surface area contributed by atoms with E-state index in [0.29, 0.717) is 17.3 Å². The zero-order valence-electron chi connectivity index (χ0n) is 21.0. The molecule has 0 fully saturated rings. The van der Waals surface area contributed by atoms with Crippen molar-refractivity contribution in [1.82, 2.24) is 9.47 Å². The van der Waals surface area contributed by atoms with Gasteiger partial charge in [0.1, 0.15) is 12.6 Å². The average molecular weight is 592 g/mol. The van der Waals surface area contributed by atoms with E-state index in [2.05, 4.69) is 32.7 Å². The molecule has 0 radical (unpaired) electrons. The van der Waals surface area contributed by atoms with Crippen molar-refractivity contribution < 1.29 is 9.59 Å². The van der Waals surface area contributed by atoms with Crippen molar-refractivity contribution >= 4 is 50.8 Å². The van der Waals surface area contributed by atoms with Crippen molar-refractivity contribution in [2.75, 3.05) is 23.3 Å². The summed E-state index contributed by atoms with van der Waals surface area (Å²) in [6.07, 6.45) is 3.70. The van der Waals surface area contributed by atoms with E-state index in [1.165, 1.54) is 0 Å². The van der Waals surface area contributed by atoms with Gasteiger partial charge in [0.2, 0.25) is 5.91 Å². The maximum absolute atomic E-state index is 14.2. The summed E-state index contributed by atoms with van der Waals surface area (Å²) in [4.78, 5) is 31.0. The number of aromatic nitrogens is 1. The zero-order chi connectivity index (χ0) is 26.6. The molecular formula is C30H28BrClN4O2. The number of carbonyl (C=O) groups excluding carboxylic acids is 2. The molecule has 0 saturated carbocycles. The van der Waals surface area contributed by atoms with Crippen LogP contribution in [-0.2, 0) is 4.79 Å². The van der Waals surface area contributed by atoms with Gasteiger partial charge >= 0.3 is 6.03 Å². The minimum absolute atomic E-state index is 0.0601. The number of urea groups is 1. The van der Waals surface area contributed by atoms with Gasteiger partial charge in [-0.25, -0.2) is 4.79 Å². The van der Waals surface area contributed by atoms with Gasteiger partial charge in [-0.3, -0.25) is 9.69 Å². The van der Waals surface area contributed by atoms with Gasteiger partial charge in [0, 0.05) is 22.2 Å². The van der Waals surface area contributed by atoms with Crippen molar-refractivity contribution in [3.63, 3.8) is 0 Å². The van der Waals surface area contributed by atoms with Crippen LogP contribution in [0.15, 0.2) is 95.6 Å². The average Bonchev–Trinajstić information content (AvgIpc) is 3.42. The summed E-state index contributed by atoms with van der Waals surface area (Å²) in [7, 11) is 0. The predicted octanol–water partition coefficient (Wildman–Crippen LogP) is 7.66. The molecular weight excluding hydrogens is 564 g/mol. The number of fused-ring (bicyclic) bond motifs is 3. The Hall–Kier alpha value is -3.55. The summed E-state index contributed by atoms with van der Waals surface area (Å²) in [5, 5.41) is 3.59. The highest BCUT2D eigenvalue weighted by molar-refractivity contribution is 9.10. The summed E-state index contributed by atoms with van der Waals surface area (Å²) >= 11 is 9.69. The van der Waals surface area contributed by atoms with Gasteiger partial charge in [-0.2, -0.15) is 0 Å². The van der Waals surface area contributed by atoms with Crippen molar-refractivity contribution in [2.24, 2.45) is 0 Å². The smallest absolute Gasteiger partial charge is 0.316 e. The molecule has 1 aromatic heterocycles. The number of halogens is 2. The van der Waals surface area contributed by atoms with Crippen molar-refractivity contribution in [2.45, 2.75) is 25.8 Å². The summed E-state index contributed by atoms with van der Waals surface area (Å²) < 4.78 is 2.90. The lowest BCUT2D eigenvalue weighted by atomic mass is 9.97. The second kappa shape index (κ2) is 11.5. The van der Waals surface area contributed by atoms with E-state index in [-0.39, 0.29) is 24.5 Å². The van der Waals surface area contributed by atoms with Crippen LogP contribution in [0.3, 0.4) is 0 Å². The molecule has 1 N–H and O–H groups in total. The van der Waals surface area contributed by atoms with Crippen LogP contribution in [-0.4, -0.2) is 34.5 Å². The van der Waals surface area contributed by atoms with Crippen LogP contribution in [0.1, 0.15) is 37.1 Å². The highest BCUT2D eigenvalue weighted by Gasteiger charge is 2.37. The van der Waals surface area contributed by atoms with Crippen molar-refractivity contribution in [3.8, 4) is 5.69 Å². The molecule has 0 spiro atoms. The van der Waals surface area contributed by atoms with E-state index in [4.69, 9.17) is 11.6 Å². The molecule has 1 aliphatic rings. The Labute approximate surface area is 235 Å². The van der Waals surface area contributed by atoms with Gasteiger partial charge < -0.3 is 14.8 Å². The predicted molar refractivity (Wildman–Crippen MR) is 156 cm³/mol. The zero-order valence-corrected chi connectivity index (χ0v) is 23.3. The molecule has 6 nitrogen and oxygen atoms in total. The Kier molecular flexibility index (Phi) is 7.86. The van der Waals surface area contributed by atoms with E-state index in [0.717, 1.165) is 39.9 Å². The van der Waals surface area contributed by atoms with Gasteiger partial charge in [-0.05, 0) is 76.4 Å². The lowest BCUT2D eigenvalue weighted by Crippen LogP contribution is -2.48. The van der Waals surface area contributed by atoms with Crippen LogP contribution in [0.2, 0.25) is 5.02 Å². The minimum Gasteiger partial charge on any atom is -0.316 e. The third-order valence-corrected chi connectivity index (χ3v) is 7.63. The molecule has 1 unspecified atom stereocenters. The molecule has 0 bridgehead atoms. The van der Waals surface area contributed by atoms with E-state index in [1.54, 1.807) is 4.90 Å². The molecule has 1 aliphatic heterocycles. The first-order valence-electron chi connectivity index (χ1n) is 12.6. The number of nitrogens with one attached hydrogen (secondary N) is 1. The molecule has 0 aliphatic carbocycles. The fraction of sp³-hybridized carbons (Fsp3) is 0.200. The maximum atomic E-state index is 14.2. The Bertz CT molecular complexity index is 1450. The number of rotatable bonds is 7. The first kappa shape index (κ1) is 26.1. The number of hydrogen-bond acceptors (Lipinski definition) is 2. The number of hydrogen-bond donors (Lipinski definition) is 1. The second-order valence-electron chi connectivity index (χ2n) is 9.19. The normalized spacial score (nSPS) is 14.0. The molecule has 194 valence electrons. The van der Waals surface area contributed by atoms with Crippen molar-refractivity contribution in [1.29, 1.82) is 0 Å². The number of carbonyl (C=O) groups is 2. The summed E-state index contributed by atoms with van der Waals surface area (Å²) in [5.74, 6) is -0.164. The maximum Gasteiger partial charge on any atom is 0.322 e. The highest BCUT2D eigenvalue weighted by atomic mass is 79.9. The Morgan fingerprint density at radius 2 is 1.66 bits per heavy atom.